The first-order valence-electron chi connectivity index (χ1n) is 7.03. The Bertz CT molecular complexity index is 642. The maximum Gasteiger partial charge on any atom is 0.313 e. The van der Waals surface area contributed by atoms with E-state index in [9.17, 15) is 9.59 Å². The molecular formula is C16H18ClNO3. The quantitative estimate of drug-likeness (QED) is 0.852. The average molecular weight is 308 g/mol. The average Bonchev–Trinajstić information content (AvgIpc) is 2.69. The third kappa shape index (κ3) is 1.68. The SMILES string of the molecule is CC1(C)[C@@]2(C)CC[C@@]1(C(=O)Nc1cccc(Cl)c1)OC2=O. The summed E-state index contributed by atoms with van der Waals surface area (Å²) in [5, 5.41) is 3.38. The predicted molar refractivity (Wildman–Crippen MR) is 80.0 cm³/mol. The Balaban J connectivity index is 1.93. The highest BCUT2D eigenvalue weighted by Crippen LogP contribution is 2.65. The Labute approximate surface area is 128 Å². The summed E-state index contributed by atoms with van der Waals surface area (Å²) in [6.45, 7) is 5.75. The lowest BCUT2D eigenvalue weighted by molar-refractivity contribution is -0.165. The van der Waals surface area contributed by atoms with E-state index in [-0.39, 0.29) is 11.9 Å². The van der Waals surface area contributed by atoms with E-state index < -0.39 is 16.4 Å². The second kappa shape index (κ2) is 4.23. The summed E-state index contributed by atoms with van der Waals surface area (Å²) in [5.74, 6) is -0.552. The highest BCUT2D eigenvalue weighted by molar-refractivity contribution is 6.30. The van der Waals surface area contributed by atoms with Crippen molar-refractivity contribution in [2.45, 2.75) is 39.2 Å². The largest absolute Gasteiger partial charge is 0.448 e. The van der Waals surface area contributed by atoms with Crippen molar-refractivity contribution in [2.24, 2.45) is 10.8 Å². The van der Waals surface area contributed by atoms with E-state index in [1.165, 1.54) is 0 Å². The highest BCUT2D eigenvalue weighted by atomic mass is 35.5. The molecule has 1 aliphatic heterocycles. The van der Waals surface area contributed by atoms with Gasteiger partial charge in [0.2, 0.25) is 0 Å². The summed E-state index contributed by atoms with van der Waals surface area (Å²) in [5.41, 5.74) is -1.63. The van der Waals surface area contributed by atoms with Crippen LogP contribution in [0.3, 0.4) is 0 Å². The van der Waals surface area contributed by atoms with E-state index in [0.717, 1.165) is 0 Å². The van der Waals surface area contributed by atoms with Crippen LogP contribution in [0.25, 0.3) is 0 Å². The molecule has 0 spiro atoms. The fourth-order valence-electron chi connectivity index (χ4n) is 3.55. The molecule has 0 unspecified atom stereocenters. The third-order valence-electron chi connectivity index (χ3n) is 5.53. The van der Waals surface area contributed by atoms with Crippen molar-refractivity contribution in [3.8, 4) is 0 Å². The van der Waals surface area contributed by atoms with Crippen LogP contribution >= 0.6 is 11.6 Å². The molecule has 2 aliphatic rings. The lowest BCUT2D eigenvalue weighted by Crippen LogP contribution is -2.50. The van der Waals surface area contributed by atoms with Crippen LogP contribution in [-0.4, -0.2) is 17.5 Å². The number of fused-ring (bicyclic) bond motifs is 2. The summed E-state index contributed by atoms with van der Waals surface area (Å²) in [7, 11) is 0. The first-order chi connectivity index (χ1) is 9.73. The van der Waals surface area contributed by atoms with E-state index >= 15 is 0 Å². The molecule has 0 radical (unpaired) electrons. The van der Waals surface area contributed by atoms with Gasteiger partial charge in [-0.3, -0.25) is 9.59 Å². The minimum absolute atomic E-state index is 0.274. The molecular weight excluding hydrogens is 290 g/mol. The molecule has 1 heterocycles. The summed E-state index contributed by atoms with van der Waals surface area (Å²) in [6.07, 6.45) is 1.22. The van der Waals surface area contributed by atoms with Crippen molar-refractivity contribution in [1.29, 1.82) is 0 Å². The van der Waals surface area contributed by atoms with E-state index in [1.807, 2.05) is 20.8 Å². The number of carbonyl (C=O) groups excluding carboxylic acids is 2. The summed E-state index contributed by atoms with van der Waals surface area (Å²) in [6, 6.07) is 6.94. The number of nitrogens with one attached hydrogen (secondary N) is 1. The Morgan fingerprint density at radius 1 is 1.29 bits per heavy atom. The molecule has 2 fully saturated rings. The van der Waals surface area contributed by atoms with Gasteiger partial charge in [0.15, 0.2) is 5.60 Å². The number of esters is 1. The van der Waals surface area contributed by atoms with Crippen LogP contribution in [-0.2, 0) is 14.3 Å². The number of hydrogen-bond acceptors (Lipinski definition) is 3. The van der Waals surface area contributed by atoms with Gasteiger partial charge >= 0.3 is 5.97 Å². The minimum atomic E-state index is -1.10. The van der Waals surface area contributed by atoms with Crippen LogP contribution in [0, 0.1) is 10.8 Å². The molecule has 1 aromatic rings. The van der Waals surface area contributed by atoms with E-state index in [2.05, 4.69) is 5.32 Å². The lowest BCUT2D eigenvalue weighted by Gasteiger charge is -2.35. The van der Waals surface area contributed by atoms with Gasteiger partial charge < -0.3 is 10.1 Å². The zero-order chi connectivity index (χ0) is 15.5. The van der Waals surface area contributed by atoms with Crippen molar-refractivity contribution < 1.29 is 14.3 Å². The van der Waals surface area contributed by atoms with Gasteiger partial charge in [0.1, 0.15) is 0 Å². The fraction of sp³-hybridized carbons (Fsp3) is 0.500. The van der Waals surface area contributed by atoms with Crippen molar-refractivity contribution >= 4 is 29.2 Å². The number of ether oxygens (including phenoxy) is 1. The van der Waals surface area contributed by atoms with Gasteiger partial charge in [0.05, 0.1) is 5.41 Å². The first-order valence-corrected chi connectivity index (χ1v) is 7.41. The number of hydrogen-bond donors (Lipinski definition) is 1. The number of carbonyl (C=O) groups is 2. The van der Waals surface area contributed by atoms with Crippen LogP contribution in [0.1, 0.15) is 33.6 Å². The zero-order valence-electron chi connectivity index (χ0n) is 12.3. The second-order valence-electron chi connectivity index (χ2n) is 6.64. The summed E-state index contributed by atoms with van der Waals surface area (Å²) >= 11 is 5.93. The zero-order valence-corrected chi connectivity index (χ0v) is 13.1. The molecule has 3 rings (SSSR count). The van der Waals surface area contributed by atoms with Gasteiger partial charge in [-0.1, -0.05) is 31.5 Å². The van der Waals surface area contributed by atoms with Crippen molar-refractivity contribution in [3.63, 3.8) is 0 Å². The van der Waals surface area contributed by atoms with Gasteiger partial charge in [-0.15, -0.1) is 0 Å². The summed E-state index contributed by atoms with van der Waals surface area (Å²) < 4.78 is 5.55. The Morgan fingerprint density at radius 2 is 2.00 bits per heavy atom. The molecule has 4 nitrogen and oxygen atoms in total. The van der Waals surface area contributed by atoms with Gasteiger partial charge in [-0.05, 0) is 38.0 Å². The fourth-order valence-corrected chi connectivity index (χ4v) is 3.74. The maximum absolute atomic E-state index is 12.8. The number of rotatable bonds is 2. The van der Waals surface area contributed by atoms with E-state index in [0.29, 0.717) is 23.6 Å². The minimum Gasteiger partial charge on any atom is -0.448 e. The molecule has 5 heteroatoms. The second-order valence-corrected chi connectivity index (χ2v) is 7.07. The molecule has 1 N–H and O–H groups in total. The van der Waals surface area contributed by atoms with Crippen LogP contribution in [0.5, 0.6) is 0 Å². The molecule has 21 heavy (non-hydrogen) atoms. The molecule has 1 saturated heterocycles. The van der Waals surface area contributed by atoms with Gasteiger partial charge in [0, 0.05) is 16.1 Å². The van der Waals surface area contributed by atoms with Gasteiger partial charge in [-0.25, -0.2) is 0 Å². The molecule has 1 amide bonds. The number of halogens is 1. The molecule has 112 valence electrons. The standard InChI is InChI=1S/C16H18ClNO3/c1-14(2)15(3)7-8-16(14,21-13(15)20)12(19)18-11-6-4-5-10(17)9-11/h4-6,9H,7-8H2,1-3H3,(H,18,19)/t15-,16-/m0/s1. The molecule has 2 bridgehead atoms. The summed E-state index contributed by atoms with van der Waals surface area (Å²) in [4.78, 5) is 24.9. The van der Waals surface area contributed by atoms with Gasteiger partial charge in [-0.2, -0.15) is 0 Å². The first kappa shape index (κ1) is 14.4. The van der Waals surface area contributed by atoms with Crippen LogP contribution in [0.15, 0.2) is 24.3 Å². The van der Waals surface area contributed by atoms with Crippen LogP contribution < -0.4 is 5.32 Å². The lowest BCUT2D eigenvalue weighted by atomic mass is 9.66. The molecule has 1 aliphatic carbocycles. The van der Waals surface area contributed by atoms with E-state index in [4.69, 9.17) is 16.3 Å². The highest BCUT2D eigenvalue weighted by Gasteiger charge is 2.75. The monoisotopic (exact) mass is 307 g/mol. The molecule has 0 aromatic heterocycles. The normalized spacial score (nSPS) is 32.9. The van der Waals surface area contributed by atoms with E-state index in [1.54, 1.807) is 24.3 Å². The third-order valence-corrected chi connectivity index (χ3v) is 5.77. The van der Waals surface area contributed by atoms with Crippen LogP contribution in [0.2, 0.25) is 5.02 Å². The van der Waals surface area contributed by atoms with Crippen LogP contribution in [0.4, 0.5) is 5.69 Å². The topological polar surface area (TPSA) is 55.4 Å². The predicted octanol–water partition coefficient (Wildman–Crippen LogP) is 3.40. The van der Waals surface area contributed by atoms with Crippen molar-refractivity contribution in [1.82, 2.24) is 0 Å². The van der Waals surface area contributed by atoms with Crippen molar-refractivity contribution in [3.05, 3.63) is 29.3 Å². The van der Waals surface area contributed by atoms with Crippen molar-refractivity contribution in [2.75, 3.05) is 5.32 Å². The Kier molecular flexibility index (Phi) is 2.90. The molecule has 2 atom stereocenters. The molecule has 1 aromatic carbocycles. The smallest absolute Gasteiger partial charge is 0.313 e. The Morgan fingerprint density at radius 3 is 2.52 bits per heavy atom. The Hall–Kier alpha value is -1.55. The number of amides is 1. The number of anilines is 1. The maximum atomic E-state index is 12.8. The van der Waals surface area contributed by atoms with Gasteiger partial charge in [0.25, 0.3) is 5.91 Å². The molecule has 1 saturated carbocycles. The number of benzene rings is 1.